The van der Waals surface area contributed by atoms with E-state index in [0.717, 1.165) is 17.8 Å². The Balaban J connectivity index is 1.49. The van der Waals surface area contributed by atoms with Gasteiger partial charge in [0.25, 0.3) is 0 Å². The fourth-order valence-corrected chi connectivity index (χ4v) is 4.51. The first-order chi connectivity index (χ1) is 7.75. The average molecular weight is 221 g/mol. The normalized spacial score (nSPS) is 41.4. The maximum Gasteiger partial charge on any atom is 0.0153 e. The first kappa shape index (κ1) is 11.1. The third-order valence-corrected chi connectivity index (χ3v) is 5.63. The average Bonchev–Trinajstić information content (AvgIpc) is 2.89. The molecule has 1 N–H and O–H groups in total. The molecule has 3 saturated carbocycles. The Labute approximate surface area is 100 Å². The molecule has 0 radical (unpaired) electrons. The van der Waals surface area contributed by atoms with Gasteiger partial charge in [0.1, 0.15) is 0 Å². The summed E-state index contributed by atoms with van der Waals surface area (Å²) >= 11 is 0. The number of hydrogen-bond donors (Lipinski definition) is 1. The van der Waals surface area contributed by atoms with Crippen molar-refractivity contribution in [3.05, 3.63) is 0 Å². The summed E-state index contributed by atoms with van der Waals surface area (Å²) in [6.45, 7) is 3.77. The maximum absolute atomic E-state index is 3.92. The standard InChI is InChI=1S/C15H27N/c1-15(7-3-2-4-8-15)16-11-14-10-12-5-6-13(14)9-12/h12-14,16H,2-11H2,1H3. The third kappa shape index (κ3) is 2.16. The molecule has 0 saturated heterocycles. The lowest BCUT2D eigenvalue weighted by Gasteiger charge is -2.37. The van der Waals surface area contributed by atoms with Gasteiger partial charge in [-0.1, -0.05) is 25.7 Å². The highest BCUT2D eigenvalue weighted by Gasteiger charge is 2.40. The Kier molecular flexibility index (Phi) is 2.99. The van der Waals surface area contributed by atoms with Gasteiger partial charge in [-0.2, -0.15) is 0 Å². The highest BCUT2D eigenvalue weighted by Crippen LogP contribution is 2.48. The molecular formula is C15H27N. The second-order valence-electron chi connectivity index (χ2n) is 6.94. The van der Waals surface area contributed by atoms with Crippen LogP contribution in [-0.4, -0.2) is 12.1 Å². The minimum Gasteiger partial charge on any atom is -0.311 e. The topological polar surface area (TPSA) is 12.0 Å². The zero-order valence-corrected chi connectivity index (χ0v) is 10.8. The predicted octanol–water partition coefficient (Wildman–Crippen LogP) is 3.74. The van der Waals surface area contributed by atoms with Gasteiger partial charge in [-0.25, -0.2) is 0 Å². The van der Waals surface area contributed by atoms with Gasteiger partial charge in [0.15, 0.2) is 0 Å². The van der Waals surface area contributed by atoms with Crippen molar-refractivity contribution in [2.75, 3.05) is 6.54 Å². The lowest BCUT2D eigenvalue weighted by Crippen LogP contribution is -2.46. The molecule has 1 nitrogen and oxygen atoms in total. The van der Waals surface area contributed by atoms with Crippen LogP contribution in [0.15, 0.2) is 0 Å². The number of rotatable bonds is 3. The zero-order chi connectivity index (χ0) is 11.0. The first-order valence-corrected chi connectivity index (χ1v) is 7.50. The van der Waals surface area contributed by atoms with Gasteiger partial charge in [-0.15, -0.1) is 0 Å². The molecule has 0 heterocycles. The van der Waals surface area contributed by atoms with E-state index in [2.05, 4.69) is 12.2 Å². The molecule has 3 fully saturated rings. The smallest absolute Gasteiger partial charge is 0.0153 e. The van der Waals surface area contributed by atoms with Gasteiger partial charge in [0.2, 0.25) is 0 Å². The Hall–Kier alpha value is -0.0400. The zero-order valence-electron chi connectivity index (χ0n) is 10.8. The van der Waals surface area contributed by atoms with Crippen LogP contribution in [0.1, 0.15) is 64.7 Å². The summed E-state index contributed by atoms with van der Waals surface area (Å²) in [5.41, 5.74) is 0.486. The molecule has 0 aromatic carbocycles. The summed E-state index contributed by atoms with van der Waals surface area (Å²) in [7, 11) is 0. The van der Waals surface area contributed by atoms with Crippen LogP contribution in [0.4, 0.5) is 0 Å². The molecule has 16 heavy (non-hydrogen) atoms. The van der Waals surface area contributed by atoms with Crippen LogP contribution in [-0.2, 0) is 0 Å². The van der Waals surface area contributed by atoms with Crippen LogP contribution < -0.4 is 5.32 Å². The molecule has 92 valence electrons. The van der Waals surface area contributed by atoms with Crippen LogP contribution in [0.3, 0.4) is 0 Å². The Morgan fingerprint density at radius 2 is 1.88 bits per heavy atom. The van der Waals surface area contributed by atoms with E-state index in [4.69, 9.17) is 0 Å². The van der Waals surface area contributed by atoms with Gasteiger partial charge in [-0.05, 0) is 63.3 Å². The predicted molar refractivity (Wildman–Crippen MR) is 68.4 cm³/mol. The van der Waals surface area contributed by atoms with Crippen molar-refractivity contribution in [3.63, 3.8) is 0 Å². The third-order valence-electron chi connectivity index (χ3n) is 5.63. The summed E-state index contributed by atoms with van der Waals surface area (Å²) < 4.78 is 0. The Bertz CT molecular complexity index is 242. The second-order valence-corrected chi connectivity index (χ2v) is 6.94. The van der Waals surface area contributed by atoms with E-state index in [-0.39, 0.29) is 0 Å². The molecule has 3 atom stereocenters. The van der Waals surface area contributed by atoms with Crippen molar-refractivity contribution in [2.45, 2.75) is 70.3 Å². The monoisotopic (exact) mass is 221 g/mol. The summed E-state index contributed by atoms with van der Waals surface area (Å²) in [6, 6.07) is 0. The van der Waals surface area contributed by atoms with Crippen molar-refractivity contribution < 1.29 is 0 Å². The van der Waals surface area contributed by atoms with E-state index in [1.165, 1.54) is 51.5 Å². The molecule has 3 aliphatic rings. The Morgan fingerprint density at radius 3 is 2.50 bits per heavy atom. The molecule has 2 bridgehead atoms. The molecule has 0 aromatic rings. The minimum atomic E-state index is 0.486. The van der Waals surface area contributed by atoms with Gasteiger partial charge in [-0.3, -0.25) is 0 Å². The maximum atomic E-state index is 3.92. The van der Waals surface area contributed by atoms with Crippen LogP contribution >= 0.6 is 0 Å². The quantitative estimate of drug-likeness (QED) is 0.765. The fraction of sp³-hybridized carbons (Fsp3) is 1.00. The summed E-state index contributed by atoms with van der Waals surface area (Å²) in [6.07, 6.45) is 13.3. The second kappa shape index (κ2) is 4.33. The molecule has 0 spiro atoms. The van der Waals surface area contributed by atoms with Gasteiger partial charge in [0, 0.05) is 5.54 Å². The lowest BCUT2D eigenvalue weighted by molar-refractivity contribution is 0.218. The van der Waals surface area contributed by atoms with E-state index < -0.39 is 0 Å². The fourth-order valence-electron chi connectivity index (χ4n) is 4.51. The number of hydrogen-bond acceptors (Lipinski definition) is 1. The van der Waals surface area contributed by atoms with E-state index in [1.807, 2.05) is 0 Å². The first-order valence-electron chi connectivity index (χ1n) is 7.50. The molecule has 0 aliphatic heterocycles. The summed E-state index contributed by atoms with van der Waals surface area (Å²) in [4.78, 5) is 0. The van der Waals surface area contributed by atoms with E-state index in [1.54, 1.807) is 12.8 Å². The highest BCUT2D eigenvalue weighted by molar-refractivity contribution is 4.93. The molecule has 1 heteroatoms. The van der Waals surface area contributed by atoms with Crippen molar-refractivity contribution in [1.82, 2.24) is 5.32 Å². The molecule has 3 rings (SSSR count). The summed E-state index contributed by atoms with van der Waals surface area (Å²) in [5, 5.41) is 3.92. The van der Waals surface area contributed by atoms with Crippen molar-refractivity contribution in [2.24, 2.45) is 17.8 Å². The van der Waals surface area contributed by atoms with Crippen LogP contribution in [0.5, 0.6) is 0 Å². The molecule has 3 aliphatic carbocycles. The van der Waals surface area contributed by atoms with Crippen molar-refractivity contribution in [1.29, 1.82) is 0 Å². The van der Waals surface area contributed by atoms with Gasteiger partial charge < -0.3 is 5.32 Å². The van der Waals surface area contributed by atoms with E-state index >= 15 is 0 Å². The van der Waals surface area contributed by atoms with Crippen LogP contribution in [0, 0.1) is 17.8 Å². The summed E-state index contributed by atoms with van der Waals surface area (Å²) in [5.74, 6) is 3.22. The van der Waals surface area contributed by atoms with Crippen LogP contribution in [0.2, 0.25) is 0 Å². The SMILES string of the molecule is CC1(NCC2CC3CCC2C3)CCCCC1. The molecular weight excluding hydrogens is 194 g/mol. The van der Waals surface area contributed by atoms with Crippen LogP contribution in [0.25, 0.3) is 0 Å². The molecule has 0 amide bonds. The largest absolute Gasteiger partial charge is 0.311 e. The highest BCUT2D eigenvalue weighted by atomic mass is 15.0. The van der Waals surface area contributed by atoms with Crippen molar-refractivity contribution >= 4 is 0 Å². The van der Waals surface area contributed by atoms with Gasteiger partial charge in [0.05, 0.1) is 0 Å². The van der Waals surface area contributed by atoms with E-state index in [9.17, 15) is 0 Å². The number of nitrogens with one attached hydrogen (secondary N) is 1. The Morgan fingerprint density at radius 1 is 1.06 bits per heavy atom. The van der Waals surface area contributed by atoms with Gasteiger partial charge >= 0.3 is 0 Å². The lowest BCUT2D eigenvalue weighted by atomic mass is 9.82. The molecule has 3 unspecified atom stereocenters. The van der Waals surface area contributed by atoms with E-state index in [0.29, 0.717) is 5.54 Å². The van der Waals surface area contributed by atoms with Crippen molar-refractivity contribution in [3.8, 4) is 0 Å². The number of fused-ring (bicyclic) bond motifs is 2. The minimum absolute atomic E-state index is 0.486. The molecule has 0 aromatic heterocycles.